The van der Waals surface area contributed by atoms with Crippen LogP contribution in [0.5, 0.6) is 0 Å². The molecule has 0 saturated carbocycles. The number of fused-ring (bicyclic) bond motifs is 1. The Kier molecular flexibility index (Phi) is 5.11. The lowest BCUT2D eigenvalue weighted by molar-refractivity contribution is -0.00635. The molecule has 1 aliphatic heterocycles. The third-order valence-electron chi connectivity index (χ3n) is 5.36. The van der Waals surface area contributed by atoms with E-state index in [4.69, 9.17) is 14.7 Å². The normalized spacial score (nSPS) is 17.6. The van der Waals surface area contributed by atoms with Crippen LogP contribution in [0.1, 0.15) is 40.5 Å². The standard InChI is InChI=1S/C23H30N4O/c1-17-8-7-13-26(17)21-12-11-18(16-24-21)22-25-19-9-5-6-10-20(19)27(22)14-15-28-23(2,3)4/h5-6,9-12,16-17H,7-8,13-15H2,1-4H3. The minimum atomic E-state index is -0.147. The van der Waals surface area contributed by atoms with E-state index in [1.54, 1.807) is 0 Å². The molecule has 0 aliphatic carbocycles. The molecule has 2 aromatic heterocycles. The average molecular weight is 379 g/mol. The zero-order chi connectivity index (χ0) is 19.7. The van der Waals surface area contributed by atoms with E-state index in [0.29, 0.717) is 12.6 Å². The van der Waals surface area contributed by atoms with Gasteiger partial charge in [0.15, 0.2) is 0 Å². The van der Waals surface area contributed by atoms with E-state index in [-0.39, 0.29) is 5.60 Å². The number of rotatable bonds is 5. The highest BCUT2D eigenvalue weighted by atomic mass is 16.5. The van der Waals surface area contributed by atoms with Gasteiger partial charge in [-0.15, -0.1) is 0 Å². The Morgan fingerprint density at radius 3 is 2.64 bits per heavy atom. The fourth-order valence-electron chi connectivity index (χ4n) is 3.93. The molecule has 1 saturated heterocycles. The molecule has 148 valence electrons. The van der Waals surface area contributed by atoms with Crippen molar-refractivity contribution >= 4 is 16.9 Å². The summed E-state index contributed by atoms with van der Waals surface area (Å²) in [6, 6.07) is 13.1. The predicted molar refractivity (Wildman–Crippen MR) is 115 cm³/mol. The molecule has 5 nitrogen and oxygen atoms in total. The number of para-hydroxylation sites is 2. The lowest BCUT2D eigenvalue weighted by Gasteiger charge is -2.22. The van der Waals surface area contributed by atoms with E-state index in [1.165, 1.54) is 12.8 Å². The molecule has 1 aromatic carbocycles. The third-order valence-corrected chi connectivity index (χ3v) is 5.36. The van der Waals surface area contributed by atoms with Crippen LogP contribution >= 0.6 is 0 Å². The van der Waals surface area contributed by atoms with Gasteiger partial charge in [0.1, 0.15) is 11.6 Å². The number of nitrogens with zero attached hydrogens (tertiary/aromatic N) is 4. The van der Waals surface area contributed by atoms with Gasteiger partial charge in [0.2, 0.25) is 0 Å². The summed E-state index contributed by atoms with van der Waals surface area (Å²) in [4.78, 5) is 12.0. The van der Waals surface area contributed by atoms with Crippen LogP contribution in [0.25, 0.3) is 22.4 Å². The van der Waals surface area contributed by atoms with Crippen LogP contribution in [0.4, 0.5) is 5.82 Å². The molecule has 5 heteroatoms. The summed E-state index contributed by atoms with van der Waals surface area (Å²) in [5.41, 5.74) is 3.03. The molecule has 0 N–H and O–H groups in total. The molecule has 0 amide bonds. The molecule has 1 aliphatic rings. The first kappa shape index (κ1) is 18.9. The second-order valence-corrected chi connectivity index (χ2v) is 8.63. The number of ether oxygens (including phenoxy) is 1. The van der Waals surface area contributed by atoms with Gasteiger partial charge in [-0.3, -0.25) is 0 Å². The summed E-state index contributed by atoms with van der Waals surface area (Å²) in [7, 11) is 0. The first-order chi connectivity index (χ1) is 13.4. The van der Waals surface area contributed by atoms with Gasteiger partial charge in [0.25, 0.3) is 0 Å². The minimum Gasteiger partial charge on any atom is -0.374 e. The van der Waals surface area contributed by atoms with Crippen LogP contribution in [-0.2, 0) is 11.3 Å². The van der Waals surface area contributed by atoms with Gasteiger partial charge in [-0.2, -0.15) is 0 Å². The Morgan fingerprint density at radius 1 is 1.14 bits per heavy atom. The highest BCUT2D eigenvalue weighted by molar-refractivity contribution is 5.80. The molecule has 0 spiro atoms. The van der Waals surface area contributed by atoms with Crippen molar-refractivity contribution in [1.82, 2.24) is 14.5 Å². The first-order valence-electron chi connectivity index (χ1n) is 10.2. The van der Waals surface area contributed by atoms with E-state index in [1.807, 2.05) is 12.3 Å². The van der Waals surface area contributed by atoms with Crippen LogP contribution in [0, 0.1) is 0 Å². The van der Waals surface area contributed by atoms with Gasteiger partial charge in [-0.25, -0.2) is 9.97 Å². The van der Waals surface area contributed by atoms with Crippen LogP contribution < -0.4 is 4.90 Å². The predicted octanol–water partition coefficient (Wildman–Crippen LogP) is 4.90. The van der Waals surface area contributed by atoms with Crippen molar-refractivity contribution in [1.29, 1.82) is 0 Å². The second-order valence-electron chi connectivity index (χ2n) is 8.63. The maximum atomic E-state index is 5.97. The van der Waals surface area contributed by atoms with Crippen molar-refractivity contribution in [2.75, 3.05) is 18.1 Å². The maximum absolute atomic E-state index is 5.97. The topological polar surface area (TPSA) is 43.2 Å². The highest BCUT2D eigenvalue weighted by Crippen LogP contribution is 2.28. The number of hydrogen-bond acceptors (Lipinski definition) is 4. The fraction of sp³-hybridized carbons (Fsp3) is 0.478. The highest BCUT2D eigenvalue weighted by Gasteiger charge is 2.22. The van der Waals surface area contributed by atoms with Crippen LogP contribution in [0.3, 0.4) is 0 Å². The zero-order valence-corrected chi connectivity index (χ0v) is 17.4. The van der Waals surface area contributed by atoms with Crippen molar-refractivity contribution in [3.63, 3.8) is 0 Å². The van der Waals surface area contributed by atoms with Gasteiger partial charge in [0.05, 0.1) is 23.2 Å². The Bertz CT molecular complexity index is 939. The van der Waals surface area contributed by atoms with E-state index >= 15 is 0 Å². The minimum absolute atomic E-state index is 0.147. The number of pyridine rings is 1. The average Bonchev–Trinajstić information content (AvgIpc) is 3.25. The Hall–Kier alpha value is -2.40. The summed E-state index contributed by atoms with van der Waals surface area (Å²) < 4.78 is 8.22. The monoisotopic (exact) mass is 378 g/mol. The maximum Gasteiger partial charge on any atom is 0.142 e. The summed E-state index contributed by atoms with van der Waals surface area (Å²) in [5, 5.41) is 0. The molecule has 0 radical (unpaired) electrons. The van der Waals surface area contributed by atoms with Crippen molar-refractivity contribution < 1.29 is 4.74 Å². The molecule has 1 atom stereocenters. The molecule has 4 rings (SSSR count). The Morgan fingerprint density at radius 2 is 1.96 bits per heavy atom. The molecule has 3 aromatic rings. The van der Waals surface area contributed by atoms with E-state index in [0.717, 1.165) is 41.3 Å². The van der Waals surface area contributed by atoms with E-state index < -0.39 is 0 Å². The molecular formula is C23H30N4O. The molecule has 1 fully saturated rings. The summed E-state index contributed by atoms with van der Waals surface area (Å²) in [6.07, 6.45) is 4.45. The van der Waals surface area contributed by atoms with Crippen molar-refractivity contribution in [2.45, 2.75) is 58.7 Å². The summed E-state index contributed by atoms with van der Waals surface area (Å²) in [5.74, 6) is 2.01. The number of aromatic nitrogens is 3. The van der Waals surface area contributed by atoms with E-state index in [2.05, 4.69) is 67.5 Å². The lowest BCUT2D eigenvalue weighted by Crippen LogP contribution is -2.27. The quantitative estimate of drug-likeness (QED) is 0.633. The third kappa shape index (κ3) is 3.90. The largest absolute Gasteiger partial charge is 0.374 e. The number of benzene rings is 1. The Labute approximate surface area is 167 Å². The van der Waals surface area contributed by atoms with Gasteiger partial charge >= 0.3 is 0 Å². The van der Waals surface area contributed by atoms with Crippen molar-refractivity contribution in [3.05, 3.63) is 42.6 Å². The van der Waals surface area contributed by atoms with Crippen molar-refractivity contribution in [3.8, 4) is 11.4 Å². The summed E-state index contributed by atoms with van der Waals surface area (Å²) >= 11 is 0. The van der Waals surface area contributed by atoms with Gasteiger partial charge in [-0.1, -0.05) is 12.1 Å². The molecule has 0 bridgehead atoms. The zero-order valence-electron chi connectivity index (χ0n) is 17.4. The second kappa shape index (κ2) is 7.55. The van der Waals surface area contributed by atoms with Gasteiger partial charge < -0.3 is 14.2 Å². The molecule has 3 heterocycles. The summed E-state index contributed by atoms with van der Waals surface area (Å²) in [6.45, 7) is 11.0. The smallest absolute Gasteiger partial charge is 0.142 e. The van der Waals surface area contributed by atoms with Crippen LogP contribution in [0.2, 0.25) is 0 Å². The van der Waals surface area contributed by atoms with Gasteiger partial charge in [-0.05, 0) is 64.8 Å². The van der Waals surface area contributed by atoms with Crippen molar-refractivity contribution in [2.24, 2.45) is 0 Å². The fourth-order valence-corrected chi connectivity index (χ4v) is 3.93. The number of hydrogen-bond donors (Lipinski definition) is 0. The van der Waals surface area contributed by atoms with Crippen LogP contribution in [-0.4, -0.2) is 39.3 Å². The van der Waals surface area contributed by atoms with Crippen LogP contribution in [0.15, 0.2) is 42.6 Å². The lowest BCUT2D eigenvalue weighted by atomic mass is 10.2. The molecule has 1 unspecified atom stereocenters. The molecular weight excluding hydrogens is 348 g/mol. The molecule has 28 heavy (non-hydrogen) atoms. The van der Waals surface area contributed by atoms with Gasteiger partial charge in [0, 0.05) is 30.9 Å². The van der Waals surface area contributed by atoms with E-state index in [9.17, 15) is 0 Å². The number of imidazole rings is 1. The first-order valence-corrected chi connectivity index (χ1v) is 10.2. The number of anilines is 1. The SMILES string of the molecule is CC1CCCN1c1ccc(-c2nc3ccccc3n2CCOC(C)(C)C)cn1. The Balaban J connectivity index is 1.64.